The first-order valence-corrected chi connectivity index (χ1v) is 11.0. The Bertz CT molecular complexity index is 1070. The maximum absolute atomic E-state index is 10.8. The van der Waals surface area contributed by atoms with Crippen LogP contribution in [0.1, 0.15) is 18.4 Å². The molecule has 2 N–H and O–H groups in total. The van der Waals surface area contributed by atoms with E-state index in [2.05, 4.69) is 20.2 Å². The summed E-state index contributed by atoms with van der Waals surface area (Å²) < 4.78 is 17.5. The number of carbonyl (C=O) groups is 1. The normalized spacial score (nSPS) is 14.7. The number of nitrogens with zero attached hydrogens (tertiary/aromatic N) is 3. The summed E-state index contributed by atoms with van der Waals surface area (Å²) in [6.45, 7) is 3.19. The summed E-state index contributed by atoms with van der Waals surface area (Å²) in [5.41, 5.74) is 2.32. The van der Waals surface area contributed by atoms with E-state index < -0.39 is 6.09 Å². The summed E-state index contributed by atoms with van der Waals surface area (Å²) in [5.74, 6) is 1.54. The number of hydrogen-bond donors (Lipinski definition) is 2. The molecular formula is C24H28N4O5. The molecule has 0 bridgehead atoms. The zero-order valence-electron chi connectivity index (χ0n) is 18.6. The van der Waals surface area contributed by atoms with E-state index in [1.807, 2.05) is 36.4 Å². The summed E-state index contributed by atoms with van der Waals surface area (Å²) in [5, 5.41) is 11.4. The lowest BCUT2D eigenvalue weighted by Crippen LogP contribution is -2.45. The zero-order valence-corrected chi connectivity index (χ0v) is 18.6. The van der Waals surface area contributed by atoms with Gasteiger partial charge in [0.05, 0.1) is 18.8 Å². The molecule has 2 aromatic heterocycles. The third-order valence-electron chi connectivity index (χ3n) is 5.62. The minimum absolute atomic E-state index is 0.0170. The maximum Gasteiger partial charge on any atom is 0.404 e. The third kappa shape index (κ3) is 6.01. The number of aromatic nitrogens is 2. The van der Waals surface area contributed by atoms with Crippen LogP contribution in [0.3, 0.4) is 0 Å². The molecule has 0 aliphatic carbocycles. The molecule has 1 amide bonds. The van der Waals surface area contributed by atoms with Crippen molar-refractivity contribution >= 4 is 17.1 Å². The van der Waals surface area contributed by atoms with Crippen LogP contribution in [0.5, 0.6) is 17.4 Å². The molecule has 0 atom stereocenters. The van der Waals surface area contributed by atoms with E-state index in [9.17, 15) is 4.79 Å². The molecule has 9 nitrogen and oxygen atoms in total. The van der Waals surface area contributed by atoms with E-state index in [1.165, 1.54) is 0 Å². The Hall–Kier alpha value is -3.59. The molecule has 9 heteroatoms. The van der Waals surface area contributed by atoms with Gasteiger partial charge in [0.1, 0.15) is 18.7 Å². The highest BCUT2D eigenvalue weighted by molar-refractivity contribution is 5.83. The van der Waals surface area contributed by atoms with Crippen LogP contribution in [-0.2, 0) is 6.61 Å². The summed E-state index contributed by atoms with van der Waals surface area (Å²) >= 11 is 0. The van der Waals surface area contributed by atoms with Gasteiger partial charge in [-0.05, 0) is 24.5 Å². The molecule has 4 rings (SSSR count). The number of rotatable bonds is 9. The van der Waals surface area contributed by atoms with Crippen molar-refractivity contribution in [1.82, 2.24) is 20.2 Å². The second-order valence-corrected chi connectivity index (χ2v) is 7.86. The van der Waals surface area contributed by atoms with E-state index in [-0.39, 0.29) is 6.04 Å². The van der Waals surface area contributed by atoms with Crippen LogP contribution in [-0.4, -0.2) is 65.5 Å². The van der Waals surface area contributed by atoms with Gasteiger partial charge in [0, 0.05) is 31.7 Å². The van der Waals surface area contributed by atoms with E-state index >= 15 is 0 Å². The molecule has 0 radical (unpaired) electrons. The number of amides is 1. The Balaban J connectivity index is 1.44. The fourth-order valence-corrected chi connectivity index (χ4v) is 3.85. The molecule has 1 aliphatic rings. The standard InChI is InChI=1S/C24H28N4O5/c1-31-21-8-7-19-22(27-21)23(33-16-17-5-3-2-4-6-17)20(15-25-19)32-14-13-28-11-9-18(10-12-28)26-24(29)30/h2-8,15,18,26H,9-14,16H2,1H3,(H,29,30). The van der Waals surface area contributed by atoms with E-state index in [0.717, 1.165) is 38.0 Å². The molecule has 33 heavy (non-hydrogen) atoms. The van der Waals surface area contributed by atoms with Gasteiger partial charge in [-0.25, -0.2) is 9.78 Å². The second-order valence-electron chi connectivity index (χ2n) is 7.86. The molecule has 0 unspecified atom stereocenters. The van der Waals surface area contributed by atoms with Gasteiger partial charge in [-0.15, -0.1) is 0 Å². The van der Waals surface area contributed by atoms with Gasteiger partial charge in [-0.2, -0.15) is 0 Å². The first kappa shape index (κ1) is 22.6. The van der Waals surface area contributed by atoms with E-state index in [0.29, 0.717) is 41.6 Å². The van der Waals surface area contributed by atoms with Crippen molar-refractivity contribution in [3.8, 4) is 17.4 Å². The average Bonchev–Trinajstić information content (AvgIpc) is 2.84. The second kappa shape index (κ2) is 10.8. The quantitative estimate of drug-likeness (QED) is 0.509. The molecule has 0 saturated carbocycles. The Morgan fingerprint density at radius 2 is 1.94 bits per heavy atom. The number of fused-ring (bicyclic) bond motifs is 1. The number of ether oxygens (including phenoxy) is 3. The third-order valence-corrected chi connectivity index (χ3v) is 5.62. The highest BCUT2D eigenvalue weighted by Gasteiger charge is 2.21. The number of benzene rings is 1. The molecule has 1 aliphatic heterocycles. The predicted molar refractivity (Wildman–Crippen MR) is 123 cm³/mol. The molecule has 1 fully saturated rings. The maximum atomic E-state index is 10.8. The van der Waals surface area contributed by atoms with Gasteiger partial charge in [0.15, 0.2) is 11.5 Å². The molecular weight excluding hydrogens is 424 g/mol. The Labute approximate surface area is 192 Å². The predicted octanol–water partition coefficient (Wildman–Crippen LogP) is 3.33. The first-order valence-electron chi connectivity index (χ1n) is 11.0. The summed E-state index contributed by atoms with van der Waals surface area (Å²) in [6.07, 6.45) is 2.28. The Kier molecular flexibility index (Phi) is 7.41. The van der Waals surface area contributed by atoms with Crippen LogP contribution in [0.2, 0.25) is 0 Å². The Morgan fingerprint density at radius 1 is 1.15 bits per heavy atom. The largest absolute Gasteiger partial charge is 0.487 e. The molecule has 1 aromatic carbocycles. The van der Waals surface area contributed by atoms with Crippen molar-refractivity contribution in [1.29, 1.82) is 0 Å². The van der Waals surface area contributed by atoms with Crippen molar-refractivity contribution in [2.24, 2.45) is 0 Å². The van der Waals surface area contributed by atoms with Crippen molar-refractivity contribution in [3.63, 3.8) is 0 Å². The van der Waals surface area contributed by atoms with Crippen molar-refractivity contribution in [2.75, 3.05) is 33.4 Å². The molecule has 3 heterocycles. The van der Waals surface area contributed by atoms with E-state index in [1.54, 1.807) is 19.4 Å². The van der Waals surface area contributed by atoms with Crippen LogP contribution >= 0.6 is 0 Å². The number of carboxylic acid groups (broad SMARTS) is 1. The van der Waals surface area contributed by atoms with E-state index in [4.69, 9.17) is 19.3 Å². The van der Waals surface area contributed by atoms with Crippen LogP contribution in [0.4, 0.5) is 4.79 Å². The van der Waals surface area contributed by atoms with Gasteiger partial charge in [-0.3, -0.25) is 9.88 Å². The summed E-state index contributed by atoms with van der Waals surface area (Å²) in [7, 11) is 1.57. The van der Waals surface area contributed by atoms with Crippen molar-refractivity contribution < 1.29 is 24.1 Å². The minimum Gasteiger partial charge on any atom is -0.487 e. The minimum atomic E-state index is -0.964. The summed E-state index contributed by atoms with van der Waals surface area (Å²) in [6, 6.07) is 13.5. The lowest BCUT2D eigenvalue weighted by Gasteiger charge is -2.31. The average molecular weight is 453 g/mol. The SMILES string of the molecule is COc1ccc2ncc(OCCN3CCC(NC(=O)O)CC3)c(OCc3ccccc3)c2n1. The van der Waals surface area contributed by atoms with Crippen LogP contribution < -0.4 is 19.5 Å². The summed E-state index contributed by atoms with van der Waals surface area (Å²) in [4.78, 5) is 22.1. The number of piperidine rings is 1. The van der Waals surface area contributed by atoms with Crippen molar-refractivity contribution in [3.05, 3.63) is 54.2 Å². The topological polar surface area (TPSA) is 106 Å². The number of hydrogen-bond acceptors (Lipinski definition) is 7. The number of methoxy groups -OCH3 is 1. The molecule has 3 aromatic rings. The van der Waals surface area contributed by atoms with Gasteiger partial charge >= 0.3 is 6.09 Å². The fourth-order valence-electron chi connectivity index (χ4n) is 3.85. The van der Waals surface area contributed by atoms with Crippen LogP contribution in [0.15, 0.2) is 48.7 Å². The van der Waals surface area contributed by atoms with Gasteiger partial charge in [0.2, 0.25) is 5.88 Å². The molecule has 174 valence electrons. The highest BCUT2D eigenvalue weighted by Crippen LogP contribution is 2.35. The first-order chi connectivity index (χ1) is 16.1. The number of nitrogens with one attached hydrogen (secondary N) is 1. The number of likely N-dealkylation sites (tertiary alicyclic amines) is 1. The smallest absolute Gasteiger partial charge is 0.404 e. The van der Waals surface area contributed by atoms with Crippen LogP contribution in [0, 0.1) is 0 Å². The highest BCUT2D eigenvalue weighted by atomic mass is 16.5. The Morgan fingerprint density at radius 3 is 2.67 bits per heavy atom. The van der Waals surface area contributed by atoms with Gasteiger partial charge in [0.25, 0.3) is 0 Å². The molecule has 0 spiro atoms. The van der Waals surface area contributed by atoms with Crippen molar-refractivity contribution in [2.45, 2.75) is 25.5 Å². The lowest BCUT2D eigenvalue weighted by molar-refractivity contribution is 0.151. The fraction of sp³-hybridized carbons (Fsp3) is 0.375. The van der Waals surface area contributed by atoms with Gasteiger partial charge in [-0.1, -0.05) is 30.3 Å². The van der Waals surface area contributed by atoms with Gasteiger partial charge < -0.3 is 24.6 Å². The van der Waals surface area contributed by atoms with Crippen LogP contribution in [0.25, 0.3) is 11.0 Å². The monoisotopic (exact) mass is 452 g/mol. The zero-order chi connectivity index (χ0) is 23.0. The molecule has 1 saturated heterocycles. The lowest BCUT2D eigenvalue weighted by atomic mass is 10.1. The number of pyridine rings is 2.